The molecule has 1 aliphatic heterocycles. The topological polar surface area (TPSA) is 91.5 Å². The summed E-state index contributed by atoms with van der Waals surface area (Å²) >= 11 is 0. The average Bonchev–Trinajstić information content (AvgIpc) is 2.84. The van der Waals surface area contributed by atoms with Gasteiger partial charge >= 0.3 is 0 Å². The van der Waals surface area contributed by atoms with Gasteiger partial charge in [-0.1, -0.05) is 0 Å². The van der Waals surface area contributed by atoms with Gasteiger partial charge in [-0.3, -0.25) is 0 Å². The highest BCUT2D eigenvalue weighted by Crippen LogP contribution is 2.39. The molecule has 0 spiro atoms. The number of rotatable bonds is 8. The lowest BCUT2D eigenvalue weighted by Gasteiger charge is -2.36. The molecule has 1 aliphatic rings. The zero-order valence-corrected chi connectivity index (χ0v) is 20.8. The second kappa shape index (κ2) is 10.2. The van der Waals surface area contributed by atoms with E-state index >= 15 is 4.39 Å². The van der Waals surface area contributed by atoms with Crippen LogP contribution in [-0.2, 0) is 25.7 Å². The number of halogens is 3. The lowest BCUT2D eigenvalue weighted by atomic mass is 9.85. The van der Waals surface area contributed by atoms with Crippen LogP contribution in [0.15, 0.2) is 30.3 Å². The second-order valence-corrected chi connectivity index (χ2v) is 9.18. The number of alkyl halides is 2. The number of nitrogens with one attached hydrogen (secondary N) is 1. The average molecular weight is 505 g/mol. The molecular formula is C26H31F3N4O3. The van der Waals surface area contributed by atoms with E-state index in [9.17, 15) is 8.78 Å². The molecule has 0 aliphatic carbocycles. The quantitative estimate of drug-likeness (QED) is 0.406. The molecule has 10 heteroatoms. The van der Waals surface area contributed by atoms with Gasteiger partial charge in [-0.25, -0.2) is 14.4 Å². The Labute approximate surface area is 208 Å². The zero-order valence-electron chi connectivity index (χ0n) is 20.8. The van der Waals surface area contributed by atoms with Crippen molar-refractivity contribution in [1.29, 1.82) is 0 Å². The molecule has 1 saturated heterocycles. The number of benzene rings is 2. The van der Waals surface area contributed by atoms with Crippen molar-refractivity contribution in [1.82, 2.24) is 9.97 Å². The van der Waals surface area contributed by atoms with Crippen molar-refractivity contribution in [2.75, 3.05) is 45.1 Å². The van der Waals surface area contributed by atoms with Gasteiger partial charge in [-0.05, 0) is 55.3 Å². The van der Waals surface area contributed by atoms with Gasteiger partial charge in [0.05, 0.1) is 11.6 Å². The van der Waals surface area contributed by atoms with E-state index < -0.39 is 30.0 Å². The van der Waals surface area contributed by atoms with Crippen molar-refractivity contribution in [3.63, 3.8) is 0 Å². The molecule has 0 radical (unpaired) electrons. The Morgan fingerprint density at radius 2 is 1.86 bits per heavy atom. The third-order valence-electron chi connectivity index (χ3n) is 6.66. The van der Waals surface area contributed by atoms with Gasteiger partial charge in [0.2, 0.25) is 0 Å². The Kier molecular flexibility index (Phi) is 7.40. The van der Waals surface area contributed by atoms with Gasteiger partial charge in [-0.2, -0.15) is 8.78 Å². The van der Waals surface area contributed by atoms with E-state index in [2.05, 4.69) is 20.0 Å². The van der Waals surface area contributed by atoms with Crippen molar-refractivity contribution in [2.45, 2.75) is 44.3 Å². The number of fused-ring (bicyclic) bond motifs is 1. The normalized spacial score (nSPS) is 16.8. The Bertz CT molecular complexity index is 1250. The summed E-state index contributed by atoms with van der Waals surface area (Å²) in [5.41, 5.74) is 6.59. The summed E-state index contributed by atoms with van der Waals surface area (Å²) in [6, 6.07) is 7.05. The third kappa shape index (κ3) is 5.11. The maximum absolute atomic E-state index is 15.3. The van der Waals surface area contributed by atoms with Gasteiger partial charge in [-0.15, -0.1) is 0 Å². The number of hydrogen-bond acceptors (Lipinski definition) is 7. The van der Waals surface area contributed by atoms with Crippen LogP contribution in [0.3, 0.4) is 0 Å². The number of ether oxygens (including phenoxy) is 3. The SMILES string of the molecule is COCC(F)(F)c1cc(N)cc([C@@H](C)Nc2nc(C)nc3c(F)cc(C4(OC)CCOCC4)cc23)c1. The van der Waals surface area contributed by atoms with Crippen molar-refractivity contribution in [3.8, 4) is 0 Å². The Morgan fingerprint density at radius 1 is 1.14 bits per heavy atom. The van der Waals surface area contributed by atoms with Crippen LogP contribution in [0.1, 0.15) is 48.3 Å². The van der Waals surface area contributed by atoms with E-state index in [1.54, 1.807) is 27.0 Å². The van der Waals surface area contributed by atoms with Gasteiger partial charge in [0, 0.05) is 56.9 Å². The van der Waals surface area contributed by atoms with Crippen molar-refractivity contribution < 1.29 is 27.4 Å². The fourth-order valence-corrected chi connectivity index (χ4v) is 4.68. The molecule has 0 amide bonds. The van der Waals surface area contributed by atoms with Gasteiger partial charge in [0.1, 0.15) is 29.6 Å². The van der Waals surface area contributed by atoms with E-state index in [0.29, 0.717) is 54.2 Å². The van der Waals surface area contributed by atoms with Crippen LogP contribution in [0, 0.1) is 12.7 Å². The van der Waals surface area contributed by atoms with Crippen LogP contribution >= 0.6 is 0 Å². The summed E-state index contributed by atoms with van der Waals surface area (Å²) in [6.45, 7) is 3.71. The lowest BCUT2D eigenvalue weighted by molar-refractivity contribution is -0.0948. The maximum atomic E-state index is 15.3. The monoisotopic (exact) mass is 504 g/mol. The number of aryl methyl sites for hydroxylation is 1. The molecule has 0 saturated carbocycles. The fourth-order valence-electron chi connectivity index (χ4n) is 4.68. The smallest absolute Gasteiger partial charge is 0.296 e. The molecule has 2 aromatic carbocycles. The van der Waals surface area contributed by atoms with E-state index in [1.165, 1.54) is 25.3 Å². The predicted molar refractivity (Wildman–Crippen MR) is 132 cm³/mol. The van der Waals surface area contributed by atoms with Crippen LogP contribution in [0.2, 0.25) is 0 Å². The van der Waals surface area contributed by atoms with Gasteiger partial charge in [0.25, 0.3) is 5.92 Å². The number of methoxy groups -OCH3 is 2. The minimum atomic E-state index is -3.20. The molecule has 3 N–H and O–H groups in total. The van der Waals surface area contributed by atoms with E-state index in [1.807, 2.05) is 6.07 Å². The van der Waals surface area contributed by atoms with Crippen molar-refractivity contribution >= 4 is 22.4 Å². The highest BCUT2D eigenvalue weighted by Gasteiger charge is 2.36. The summed E-state index contributed by atoms with van der Waals surface area (Å²) in [5, 5.41) is 3.72. The largest absolute Gasteiger partial charge is 0.399 e. The van der Waals surface area contributed by atoms with E-state index in [0.717, 1.165) is 0 Å². The fraction of sp³-hybridized carbons (Fsp3) is 0.462. The summed E-state index contributed by atoms with van der Waals surface area (Å²) in [6.07, 6.45) is 1.17. The molecule has 1 atom stereocenters. The molecule has 2 heterocycles. The first kappa shape index (κ1) is 26.1. The highest BCUT2D eigenvalue weighted by atomic mass is 19.3. The van der Waals surface area contributed by atoms with Gasteiger partial charge < -0.3 is 25.3 Å². The first-order chi connectivity index (χ1) is 17.1. The minimum absolute atomic E-state index is 0.166. The van der Waals surface area contributed by atoms with Crippen LogP contribution in [-0.4, -0.2) is 44.0 Å². The number of anilines is 2. The highest BCUT2D eigenvalue weighted by molar-refractivity contribution is 5.90. The van der Waals surface area contributed by atoms with Gasteiger partial charge in [0.15, 0.2) is 0 Å². The number of aromatic nitrogens is 2. The molecule has 0 unspecified atom stereocenters. The molecule has 194 valence electrons. The van der Waals surface area contributed by atoms with Crippen LogP contribution in [0.4, 0.5) is 24.7 Å². The first-order valence-electron chi connectivity index (χ1n) is 11.7. The van der Waals surface area contributed by atoms with Crippen LogP contribution in [0.5, 0.6) is 0 Å². The Hall–Kier alpha value is -2.95. The van der Waals surface area contributed by atoms with E-state index in [-0.39, 0.29) is 16.8 Å². The molecule has 0 bridgehead atoms. The molecule has 7 nitrogen and oxygen atoms in total. The molecule has 1 fully saturated rings. The molecular weight excluding hydrogens is 473 g/mol. The standard InChI is InChI=1S/C26H31F3N4O3/c1-15(17-9-19(11-20(30)10-17)26(28,29)14-34-3)31-24-21-12-18(25(35-4)5-7-36-8-6-25)13-22(27)23(21)32-16(2)33-24/h9-13,15H,5-8,14,30H2,1-4H3,(H,31,32,33)/t15-/m1/s1. The number of nitrogens with two attached hydrogens (primary N) is 1. The maximum Gasteiger partial charge on any atom is 0.296 e. The Balaban J connectivity index is 1.76. The van der Waals surface area contributed by atoms with E-state index in [4.69, 9.17) is 15.2 Å². The molecule has 4 rings (SSSR count). The van der Waals surface area contributed by atoms with Crippen LogP contribution < -0.4 is 11.1 Å². The second-order valence-electron chi connectivity index (χ2n) is 9.18. The van der Waals surface area contributed by atoms with Crippen molar-refractivity contribution in [2.24, 2.45) is 0 Å². The lowest BCUT2D eigenvalue weighted by Crippen LogP contribution is -2.35. The Morgan fingerprint density at radius 3 is 2.53 bits per heavy atom. The molecule has 36 heavy (non-hydrogen) atoms. The number of nitrogens with zero attached hydrogens (tertiary/aromatic N) is 2. The number of hydrogen-bond donors (Lipinski definition) is 2. The molecule has 1 aromatic heterocycles. The summed E-state index contributed by atoms with van der Waals surface area (Å²) in [7, 11) is 2.83. The van der Waals surface area contributed by atoms with Crippen molar-refractivity contribution in [3.05, 3.63) is 58.7 Å². The summed E-state index contributed by atoms with van der Waals surface area (Å²) in [5.74, 6) is -2.93. The zero-order chi connectivity index (χ0) is 26.1. The third-order valence-corrected chi connectivity index (χ3v) is 6.66. The first-order valence-corrected chi connectivity index (χ1v) is 11.7. The predicted octanol–water partition coefficient (Wildman–Crippen LogP) is 5.22. The summed E-state index contributed by atoms with van der Waals surface area (Å²) < 4.78 is 60.4. The summed E-state index contributed by atoms with van der Waals surface area (Å²) in [4.78, 5) is 8.82. The van der Waals surface area contributed by atoms with Crippen LogP contribution in [0.25, 0.3) is 10.9 Å². The minimum Gasteiger partial charge on any atom is -0.399 e. The number of nitrogen functional groups attached to an aromatic ring is 1. The molecule has 3 aromatic rings.